The van der Waals surface area contributed by atoms with E-state index in [1.54, 1.807) is 24.3 Å². The largest absolute Gasteiger partial charge is 0.497 e. The van der Waals surface area contributed by atoms with Crippen LogP contribution in [0.2, 0.25) is 5.02 Å². The number of halogens is 1. The summed E-state index contributed by atoms with van der Waals surface area (Å²) in [5.41, 5.74) is 1.25. The van der Waals surface area contributed by atoms with Crippen molar-refractivity contribution in [3.05, 3.63) is 53.1 Å². The highest BCUT2D eigenvalue weighted by Gasteiger charge is 2.13. The number of benzene rings is 2. The first-order valence-corrected chi connectivity index (χ1v) is 7.93. The molecule has 2 aromatic rings. The zero-order valence-electron chi connectivity index (χ0n) is 14.0. The molecule has 2 aromatic carbocycles. The van der Waals surface area contributed by atoms with Gasteiger partial charge in [0.2, 0.25) is 11.8 Å². The van der Waals surface area contributed by atoms with Crippen LogP contribution in [0.4, 0.5) is 5.69 Å². The first-order valence-electron chi connectivity index (χ1n) is 7.55. The Morgan fingerprint density at radius 1 is 1.04 bits per heavy atom. The minimum Gasteiger partial charge on any atom is -0.497 e. The van der Waals surface area contributed by atoms with Gasteiger partial charge in [-0.15, -0.1) is 0 Å². The van der Waals surface area contributed by atoms with E-state index in [4.69, 9.17) is 21.1 Å². The van der Waals surface area contributed by atoms with Crippen LogP contribution >= 0.6 is 11.6 Å². The third-order valence-corrected chi connectivity index (χ3v) is 3.81. The zero-order chi connectivity index (χ0) is 18.2. The number of hydrogen-bond acceptors (Lipinski definition) is 4. The van der Waals surface area contributed by atoms with Crippen molar-refractivity contribution in [2.45, 2.75) is 13.0 Å². The highest BCUT2D eigenvalue weighted by atomic mass is 35.5. The maximum absolute atomic E-state index is 12.0. The molecule has 0 aliphatic carbocycles. The molecule has 0 atom stereocenters. The normalized spacial score (nSPS) is 10.0. The summed E-state index contributed by atoms with van der Waals surface area (Å²) in [6, 6.07) is 12.2. The Morgan fingerprint density at radius 3 is 2.48 bits per heavy atom. The molecule has 0 aliphatic heterocycles. The fraction of sp³-hybridized carbons (Fsp3) is 0.222. The lowest BCUT2D eigenvalue weighted by atomic mass is 10.2. The van der Waals surface area contributed by atoms with Gasteiger partial charge in [0.15, 0.2) is 0 Å². The molecule has 6 nitrogen and oxygen atoms in total. The number of ether oxygens (including phenoxy) is 2. The molecule has 0 aromatic heterocycles. The van der Waals surface area contributed by atoms with Crippen LogP contribution in [0.3, 0.4) is 0 Å². The second kappa shape index (κ2) is 8.94. The van der Waals surface area contributed by atoms with Crippen LogP contribution in [-0.4, -0.2) is 26.0 Å². The molecule has 0 bridgehead atoms. The van der Waals surface area contributed by atoms with Gasteiger partial charge in [-0.2, -0.15) is 0 Å². The highest BCUT2D eigenvalue weighted by molar-refractivity contribution is 6.31. The van der Waals surface area contributed by atoms with E-state index in [0.717, 1.165) is 5.56 Å². The lowest BCUT2D eigenvalue weighted by Crippen LogP contribution is -2.27. The van der Waals surface area contributed by atoms with Gasteiger partial charge in [-0.25, -0.2) is 0 Å². The minimum atomic E-state index is -0.444. The molecule has 0 aliphatic rings. The van der Waals surface area contributed by atoms with Crippen LogP contribution in [0.25, 0.3) is 0 Å². The summed E-state index contributed by atoms with van der Waals surface area (Å²) < 4.78 is 10.3. The molecular formula is C18H19ClN2O4. The SMILES string of the molecule is COc1ccc(NC(=O)CC(=O)NCc2ccccc2Cl)c(OC)c1. The quantitative estimate of drug-likeness (QED) is 0.742. The fourth-order valence-corrected chi connectivity index (χ4v) is 2.34. The van der Waals surface area contributed by atoms with Gasteiger partial charge in [-0.3, -0.25) is 9.59 Å². The Balaban J connectivity index is 1.89. The topological polar surface area (TPSA) is 76.7 Å². The molecule has 0 saturated heterocycles. The summed E-state index contributed by atoms with van der Waals surface area (Å²) in [7, 11) is 3.02. The van der Waals surface area contributed by atoms with E-state index in [1.165, 1.54) is 14.2 Å². The number of amides is 2. The molecule has 0 spiro atoms. The number of methoxy groups -OCH3 is 2. The Morgan fingerprint density at radius 2 is 1.80 bits per heavy atom. The molecule has 25 heavy (non-hydrogen) atoms. The van der Waals surface area contributed by atoms with E-state index in [-0.39, 0.29) is 13.0 Å². The Bertz CT molecular complexity index is 764. The summed E-state index contributed by atoms with van der Waals surface area (Å²) in [6.07, 6.45) is -0.306. The van der Waals surface area contributed by atoms with Crippen LogP contribution in [-0.2, 0) is 16.1 Å². The number of nitrogens with one attached hydrogen (secondary N) is 2. The number of rotatable bonds is 7. The molecule has 132 valence electrons. The Kier molecular flexibility index (Phi) is 6.65. The van der Waals surface area contributed by atoms with E-state index in [9.17, 15) is 9.59 Å². The van der Waals surface area contributed by atoms with Gasteiger partial charge >= 0.3 is 0 Å². The van der Waals surface area contributed by atoms with Crippen LogP contribution in [0.5, 0.6) is 11.5 Å². The van der Waals surface area contributed by atoms with Gasteiger partial charge < -0.3 is 20.1 Å². The maximum Gasteiger partial charge on any atom is 0.233 e. The standard InChI is InChI=1S/C18H19ClN2O4/c1-24-13-7-8-15(16(9-13)25-2)21-18(23)10-17(22)20-11-12-5-3-4-6-14(12)19/h3-9H,10-11H2,1-2H3,(H,20,22)(H,21,23). The summed E-state index contributed by atoms with van der Waals surface area (Å²) in [5, 5.41) is 5.88. The Hall–Kier alpha value is -2.73. The predicted molar refractivity (Wildman–Crippen MR) is 96.1 cm³/mol. The molecule has 0 saturated carbocycles. The lowest BCUT2D eigenvalue weighted by Gasteiger charge is -2.12. The van der Waals surface area contributed by atoms with Gasteiger partial charge in [-0.05, 0) is 23.8 Å². The van der Waals surface area contributed by atoms with E-state index in [2.05, 4.69) is 10.6 Å². The third-order valence-electron chi connectivity index (χ3n) is 3.44. The molecule has 2 rings (SSSR count). The molecule has 2 N–H and O–H groups in total. The summed E-state index contributed by atoms with van der Waals surface area (Å²) in [4.78, 5) is 24.0. The van der Waals surface area contributed by atoms with Crippen LogP contribution < -0.4 is 20.1 Å². The van der Waals surface area contributed by atoms with Crippen molar-refractivity contribution >= 4 is 29.1 Å². The molecule has 0 fully saturated rings. The summed E-state index contributed by atoms with van der Waals surface area (Å²) in [6.45, 7) is 0.262. The monoisotopic (exact) mass is 362 g/mol. The second-order valence-electron chi connectivity index (χ2n) is 5.16. The van der Waals surface area contributed by atoms with Gasteiger partial charge in [-0.1, -0.05) is 29.8 Å². The van der Waals surface area contributed by atoms with E-state index < -0.39 is 11.8 Å². The van der Waals surface area contributed by atoms with Crippen molar-refractivity contribution in [3.63, 3.8) is 0 Å². The average Bonchev–Trinajstić information content (AvgIpc) is 2.61. The van der Waals surface area contributed by atoms with Gasteiger partial charge in [0.1, 0.15) is 17.9 Å². The van der Waals surface area contributed by atoms with Crippen molar-refractivity contribution in [2.75, 3.05) is 19.5 Å². The molecule has 0 heterocycles. The number of anilines is 1. The van der Waals surface area contributed by atoms with Gasteiger partial charge in [0.25, 0.3) is 0 Å². The number of carbonyl (C=O) groups excluding carboxylic acids is 2. The van der Waals surface area contributed by atoms with Crippen molar-refractivity contribution in [1.29, 1.82) is 0 Å². The van der Waals surface area contributed by atoms with Gasteiger partial charge in [0.05, 0.1) is 19.9 Å². The zero-order valence-corrected chi connectivity index (χ0v) is 14.7. The van der Waals surface area contributed by atoms with Crippen molar-refractivity contribution in [1.82, 2.24) is 5.32 Å². The fourth-order valence-electron chi connectivity index (χ4n) is 2.14. The van der Waals surface area contributed by atoms with Crippen molar-refractivity contribution < 1.29 is 19.1 Å². The van der Waals surface area contributed by atoms with Crippen molar-refractivity contribution in [2.24, 2.45) is 0 Å². The molecule has 2 amide bonds. The molecule has 7 heteroatoms. The smallest absolute Gasteiger partial charge is 0.233 e. The maximum atomic E-state index is 12.0. The van der Waals surface area contributed by atoms with Crippen LogP contribution in [0, 0.1) is 0 Å². The molecular weight excluding hydrogens is 344 g/mol. The molecule has 0 unspecified atom stereocenters. The third kappa shape index (κ3) is 5.39. The van der Waals surface area contributed by atoms with E-state index >= 15 is 0 Å². The average molecular weight is 363 g/mol. The van der Waals surface area contributed by atoms with Crippen LogP contribution in [0.1, 0.15) is 12.0 Å². The number of carbonyl (C=O) groups is 2. The number of hydrogen-bond donors (Lipinski definition) is 2. The second-order valence-corrected chi connectivity index (χ2v) is 5.57. The first-order chi connectivity index (χ1) is 12.0. The van der Waals surface area contributed by atoms with E-state index in [1.807, 2.05) is 18.2 Å². The van der Waals surface area contributed by atoms with Gasteiger partial charge in [0, 0.05) is 17.6 Å². The summed E-state index contributed by atoms with van der Waals surface area (Å²) >= 11 is 6.02. The van der Waals surface area contributed by atoms with E-state index in [0.29, 0.717) is 22.2 Å². The molecule has 0 radical (unpaired) electrons. The first kappa shape index (κ1) is 18.6. The predicted octanol–water partition coefficient (Wildman–Crippen LogP) is 3.00. The van der Waals surface area contributed by atoms with Crippen LogP contribution in [0.15, 0.2) is 42.5 Å². The minimum absolute atomic E-state index is 0.262. The summed E-state index contributed by atoms with van der Waals surface area (Å²) in [5.74, 6) is 0.210. The Labute approximate surface area is 151 Å². The lowest BCUT2D eigenvalue weighted by molar-refractivity contribution is -0.126. The highest BCUT2D eigenvalue weighted by Crippen LogP contribution is 2.29. The van der Waals surface area contributed by atoms with Crippen molar-refractivity contribution in [3.8, 4) is 11.5 Å².